The number of anilines is 1. The van der Waals surface area contributed by atoms with Crippen LogP contribution in [0.25, 0.3) is 0 Å². The molecule has 116 valence electrons. The van der Waals surface area contributed by atoms with Gasteiger partial charge in [0.1, 0.15) is 5.75 Å². The molecule has 1 aromatic carbocycles. The van der Waals surface area contributed by atoms with E-state index in [0.717, 1.165) is 31.4 Å². The van der Waals surface area contributed by atoms with Crippen LogP contribution in [0.1, 0.15) is 45.4 Å². The highest BCUT2D eigenvalue weighted by Gasteiger charge is 2.37. The highest BCUT2D eigenvalue weighted by molar-refractivity contribution is 5.96. The maximum Gasteiger partial charge on any atom is 0.231 e. The second kappa shape index (κ2) is 7.46. The topological polar surface area (TPSA) is 64.3 Å². The highest BCUT2D eigenvalue weighted by atomic mass is 16.5. The van der Waals surface area contributed by atoms with Crippen LogP contribution < -0.4 is 15.8 Å². The highest BCUT2D eigenvalue weighted by Crippen LogP contribution is 2.36. The average Bonchev–Trinajstić information content (AvgIpc) is 2.76. The van der Waals surface area contributed by atoms with Crippen molar-refractivity contribution in [1.29, 1.82) is 0 Å². The van der Waals surface area contributed by atoms with Gasteiger partial charge in [-0.25, -0.2) is 0 Å². The zero-order valence-corrected chi connectivity index (χ0v) is 12.9. The molecule has 4 nitrogen and oxygen atoms in total. The third kappa shape index (κ3) is 3.76. The lowest BCUT2D eigenvalue weighted by molar-refractivity contribution is -0.125. The Morgan fingerprint density at radius 2 is 1.90 bits per heavy atom. The summed E-state index contributed by atoms with van der Waals surface area (Å²) in [5, 5.41) is 3.04. The Hall–Kier alpha value is -1.55. The summed E-state index contributed by atoms with van der Waals surface area (Å²) < 4.78 is 5.57. The van der Waals surface area contributed by atoms with Gasteiger partial charge >= 0.3 is 0 Å². The quantitative estimate of drug-likeness (QED) is 0.818. The van der Waals surface area contributed by atoms with E-state index in [1.807, 2.05) is 31.2 Å². The maximum absolute atomic E-state index is 12.8. The van der Waals surface area contributed by atoms with E-state index in [9.17, 15) is 4.79 Å². The van der Waals surface area contributed by atoms with Crippen molar-refractivity contribution in [3.8, 4) is 5.75 Å². The molecule has 0 unspecified atom stereocenters. The average molecular weight is 290 g/mol. The standard InChI is InChI=1S/C17H26N2O2/c1-2-21-15-10-6-5-9-14(15)19-16(20)17(13-18)11-7-3-4-8-12-17/h5-6,9-10H,2-4,7-8,11-13,18H2,1H3,(H,19,20). The molecule has 0 saturated heterocycles. The minimum atomic E-state index is -0.421. The summed E-state index contributed by atoms with van der Waals surface area (Å²) >= 11 is 0. The van der Waals surface area contributed by atoms with Crippen LogP contribution in [0.4, 0.5) is 5.69 Å². The number of ether oxygens (including phenoxy) is 1. The Balaban J connectivity index is 2.15. The zero-order valence-electron chi connectivity index (χ0n) is 12.9. The maximum atomic E-state index is 12.8. The lowest BCUT2D eigenvalue weighted by Gasteiger charge is -2.30. The van der Waals surface area contributed by atoms with Crippen LogP contribution in [0.15, 0.2) is 24.3 Å². The molecule has 1 aliphatic carbocycles. The van der Waals surface area contributed by atoms with Gasteiger partial charge in [-0.05, 0) is 31.9 Å². The molecule has 0 aromatic heterocycles. The second-order valence-corrected chi connectivity index (χ2v) is 5.78. The number of benzene rings is 1. The minimum absolute atomic E-state index is 0.0408. The Morgan fingerprint density at radius 3 is 2.52 bits per heavy atom. The fourth-order valence-electron chi connectivity index (χ4n) is 3.04. The van der Waals surface area contributed by atoms with Gasteiger partial charge in [0.05, 0.1) is 17.7 Å². The molecule has 0 bridgehead atoms. The van der Waals surface area contributed by atoms with E-state index < -0.39 is 5.41 Å². The van der Waals surface area contributed by atoms with E-state index in [1.54, 1.807) is 0 Å². The Labute approximate surface area is 127 Å². The van der Waals surface area contributed by atoms with Gasteiger partial charge in [0.25, 0.3) is 0 Å². The summed E-state index contributed by atoms with van der Waals surface area (Å²) in [4.78, 5) is 12.8. The van der Waals surface area contributed by atoms with Crippen LogP contribution >= 0.6 is 0 Å². The van der Waals surface area contributed by atoms with E-state index in [1.165, 1.54) is 12.8 Å². The third-order valence-electron chi connectivity index (χ3n) is 4.37. The Bertz CT molecular complexity index is 466. The molecule has 2 rings (SSSR count). The van der Waals surface area contributed by atoms with Crippen molar-refractivity contribution in [2.45, 2.75) is 45.4 Å². The minimum Gasteiger partial charge on any atom is -0.492 e. The molecule has 1 aromatic rings. The van der Waals surface area contributed by atoms with Gasteiger partial charge in [0, 0.05) is 6.54 Å². The number of nitrogens with one attached hydrogen (secondary N) is 1. The molecule has 1 saturated carbocycles. The number of hydrogen-bond donors (Lipinski definition) is 2. The molecule has 21 heavy (non-hydrogen) atoms. The number of carbonyl (C=O) groups is 1. The van der Waals surface area contributed by atoms with E-state index in [2.05, 4.69) is 5.32 Å². The number of nitrogens with two attached hydrogens (primary N) is 1. The summed E-state index contributed by atoms with van der Waals surface area (Å²) in [6, 6.07) is 7.57. The van der Waals surface area contributed by atoms with Crippen LogP contribution in [-0.2, 0) is 4.79 Å². The SMILES string of the molecule is CCOc1ccccc1NC(=O)C1(CN)CCCCCC1. The van der Waals surface area contributed by atoms with Crippen molar-refractivity contribution in [3.05, 3.63) is 24.3 Å². The first-order chi connectivity index (χ1) is 10.2. The Morgan fingerprint density at radius 1 is 1.24 bits per heavy atom. The number of rotatable bonds is 5. The van der Waals surface area contributed by atoms with Crippen LogP contribution in [0.3, 0.4) is 0 Å². The molecule has 3 N–H and O–H groups in total. The zero-order chi connectivity index (χ0) is 15.1. The first kappa shape index (κ1) is 15.8. The normalized spacial score (nSPS) is 17.8. The predicted octanol–water partition coefficient (Wildman–Crippen LogP) is 3.32. The van der Waals surface area contributed by atoms with E-state index in [-0.39, 0.29) is 5.91 Å². The van der Waals surface area contributed by atoms with Crippen molar-refractivity contribution in [2.24, 2.45) is 11.1 Å². The summed E-state index contributed by atoms with van der Waals surface area (Å²) in [5.74, 6) is 0.758. The van der Waals surface area contributed by atoms with Crippen LogP contribution in [0.5, 0.6) is 5.75 Å². The first-order valence-electron chi connectivity index (χ1n) is 7.95. The first-order valence-corrected chi connectivity index (χ1v) is 7.95. The molecular formula is C17H26N2O2. The molecule has 4 heteroatoms. The number of para-hydroxylation sites is 2. The third-order valence-corrected chi connectivity index (χ3v) is 4.37. The van der Waals surface area contributed by atoms with Crippen molar-refractivity contribution in [2.75, 3.05) is 18.5 Å². The largest absolute Gasteiger partial charge is 0.492 e. The van der Waals surface area contributed by atoms with Crippen molar-refractivity contribution < 1.29 is 9.53 Å². The molecule has 0 aliphatic heterocycles. The summed E-state index contributed by atoms with van der Waals surface area (Å²) in [6.45, 7) is 2.93. The van der Waals surface area contributed by atoms with Crippen LogP contribution in [0.2, 0.25) is 0 Å². The number of amides is 1. The number of hydrogen-bond acceptors (Lipinski definition) is 3. The van der Waals surface area contributed by atoms with Gasteiger partial charge in [-0.2, -0.15) is 0 Å². The fraction of sp³-hybridized carbons (Fsp3) is 0.588. The molecule has 0 atom stereocenters. The second-order valence-electron chi connectivity index (χ2n) is 5.78. The van der Waals surface area contributed by atoms with Gasteiger partial charge in [-0.3, -0.25) is 4.79 Å². The Kier molecular flexibility index (Phi) is 5.62. The van der Waals surface area contributed by atoms with E-state index in [4.69, 9.17) is 10.5 Å². The summed E-state index contributed by atoms with van der Waals surface area (Å²) in [6.07, 6.45) is 6.32. The number of carbonyl (C=O) groups excluding carboxylic acids is 1. The molecule has 1 amide bonds. The summed E-state index contributed by atoms with van der Waals surface area (Å²) in [5.41, 5.74) is 6.28. The molecule has 1 fully saturated rings. The van der Waals surface area contributed by atoms with Crippen LogP contribution in [-0.4, -0.2) is 19.1 Å². The molecule has 0 spiro atoms. The predicted molar refractivity (Wildman–Crippen MR) is 85.4 cm³/mol. The van der Waals surface area contributed by atoms with E-state index in [0.29, 0.717) is 18.9 Å². The fourth-order valence-corrected chi connectivity index (χ4v) is 3.04. The summed E-state index contributed by atoms with van der Waals surface area (Å²) in [7, 11) is 0. The lowest BCUT2D eigenvalue weighted by Crippen LogP contribution is -2.42. The van der Waals surface area contributed by atoms with Gasteiger partial charge in [0.2, 0.25) is 5.91 Å². The lowest BCUT2D eigenvalue weighted by atomic mass is 9.79. The van der Waals surface area contributed by atoms with Crippen molar-refractivity contribution in [1.82, 2.24) is 0 Å². The van der Waals surface area contributed by atoms with Gasteiger partial charge in [-0.15, -0.1) is 0 Å². The monoisotopic (exact) mass is 290 g/mol. The van der Waals surface area contributed by atoms with Crippen molar-refractivity contribution in [3.63, 3.8) is 0 Å². The smallest absolute Gasteiger partial charge is 0.231 e. The van der Waals surface area contributed by atoms with Crippen molar-refractivity contribution >= 4 is 11.6 Å². The van der Waals surface area contributed by atoms with E-state index >= 15 is 0 Å². The van der Waals surface area contributed by atoms with Crippen LogP contribution in [0, 0.1) is 5.41 Å². The van der Waals surface area contributed by atoms with Gasteiger partial charge < -0.3 is 15.8 Å². The molecule has 1 aliphatic rings. The molecule has 0 radical (unpaired) electrons. The van der Waals surface area contributed by atoms with Gasteiger partial charge in [0.15, 0.2) is 0 Å². The molecule has 0 heterocycles. The molecular weight excluding hydrogens is 264 g/mol. The van der Waals surface area contributed by atoms with Gasteiger partial charge in [-0.1, -0.05) is 37.8 Å².